The third-order valence-electron chi connectivity index (χ3n) is 5.25. The van der Waals surface area contributed by atoms with E-state index in [1.54, 1.807) is 25.3 Å². The lowest BCUT2D eigenvalue weighted by Crippen LogP contribution is -2.49. The Morgan fingerprint density at radius 2 is 2.10 bits per heavy atom. The minimum Gasteiger partial charge on any atom is -0.368 e. The van der Waals surface area contributed by atoms with Gasteiger partial charge in [-0.3, -0.25) is 4.98 Å². The molecule has 0 unspecified atom stereocenters. The molecule has 0 atom stereocenters. The summed E-state index contributed by atoms with van der Waals surface area (Å²) in [6.45, 7) is 1.89. The summed E-state index contributed by atoms with van der Waals surface area (Å²) in [4.78, 5) is 20.7. The van der Waals surface area contributed by atoms with E-state index in [0.717, 1.165) is 9.88 Å². The van der Waals surface area contributed by atoms with E-state index in [2.05, 4.69) is 25.5 Å². The van der Waals surface area contributed by atoms with Gasteiger partial charge in [0.1, 0.15) is 34.3 Å². The molecule has 0 radical (unpaired) electrons. The zero-order valence-electron chi connectivity index (χ0n) is 16.4. The van der Waals surface area contributed by atoms with E-state index >= 15 is 0 Å². The Hall–Kier alpha value is -2.81. The number of hydrogen-bond donors (Lipinski definition) is 1. The summed E-state index contributed by atoms with van der Waals surface area (Å²) in [7, 11) is 0. The first-order valence-electron chi connectivity index (χ1n) is 9.72. The second-order valence-corrected chi connectivity index (χ2v) is 8.73. The molecule has 0 aliphatic heterocycles. The fraction of sp³-hybridized carbons (Fsp3) is 0.381. The summed E-state index contributed by atoms with van der Waals surface area (Å²) in [5, 5.41) is 12.3. The number of rotatable bonds is 8. The molecule has 1 N–H and O–H groups in total. The summed E-state index contributed by atoms with van der Waals surface area (Å²) in [6.07, 6.45) is 3.94. The van der Waals surface area contributed by atoms with Crippen molar-refractivity contribution in [2.75, 3.05) is 11.9 Å². The van der Waals surface area contributed by atoms with Crippen LogP contribution in [0.15, 0.2) is 36.7 Å². The third kappa shape index (κ3) is 4.35. The average Bonchev–Trinajstić information content (AvgIpc) is 3.19. The van der Waals surface area contributed by atoms with Crippen molar-refractivity contribution in [3.63, 3.8) is 0 Å². The van der Waals surface area contributed by atoms with Gasteiger partial charge in [0.05, 0.1) is 5.69 Å². The van der Waals surface area contributed by atoms with E-state index in [1.165, 1.54) is 29.7 Å². The number of hydrogen-bond acceptors (Lipinski definition) is 7. The van der Waals surface area contributed by atoms with Crippen LogP contribution in [0, 0.1) is 5.82 Å². The third-order valence-corrected chi connectivity index (χ3v) is 6.33. The van der Waals surface area contributed by atoms with E-state index in [1.807, 2.05) is 0 Å². The first-order chi connectivity index (χ1) is 14.4. The van der Waals surface area contributed by atoms with Crippen molar-refractivity contribution in [1.29, 1.82) is 0 Å². The van der Waals surface area contributed by atoms with Gasteiger partial charge < -0.3 is 10.1 Å². The minimum absolute atomic E-state index is 0.147. The van der Waals surface area contributed by atoms with Crippen LogP contribution in [0.2, 0.25) is 0 Å². The molecular formula is C21H21F2N5OS. The van der Waals surface area contributed by atoms with Crippen molar-refractivity contribution in [3.05, 3.63) is 53.0 Å². The minimum atomic E-state index is -0.955. The number of nitrogens with zero attached hydrogens (tertiary/aromatic N) is 4. The van der Waals surface area contributed by atoms with Gasteiger partial charge in [-0.15, -0.1) is 21.5 Å². The Bertz CT molecular complexity index is 1030. The normalized spacial score (nSPS) is 20.6. The maximum absolute atomic E-state index is 14.2. The molecule has 1 fully saturated rings. The number of Topliss-reactive ketones (excluding diaryl/α,β-unsaturated/α-hetero) is 1. The number of pyridine rings is 1. The van der Waals surface area contributed by atoms with Gasteiger partial charge in [-0.1, -0.05) is 0 Å². The van der Waals surface area contributed by atoms with Crippen molar-refractivity contribution < 1.29 is 13.6 Å². The van der Waals surface area contributed by atoms with Crippen LogP contribution < -0.4 is 5.32 Å². The van der Waals surface area contributed by atoms with Crippen molar-refractivity contribution in [2.24, 2.45) is 0 Å². The second kappa shape index (κ2) is 8.51. The summed E-state index contributed by atoms with van der Waals surface area (Å²) in [5.74, 6) is 0.246. The Morgan fingerprint density at radius 3 is 2.77 bits per heavy atom. The first-order valence-corrected chi connectivity index (χ1v) is 10.5. The van der Waals surface area contributed by atoms with Gasteiger partial charge in [0.25, 0.3) is 0 Å². The van der Waals surface area contributed by atoms with Crippen LogP contribution in [-0.4, -0.2) is 38.7 Å². The first kappa shape index (κ1) is 20.5. The van der Waals surface area contributed by atoms with Crippen LogP contribution in [-0.2, 0) is 16.6 Å². The highest BCUT2D eigenvalue weighted by atomic mass is 32.1. The lowest BCUT2D eigenvalue weighted by atomic mass is 9.65. The van der Waals surface area contributed by atoms with Crippen molar-refractivity contribution >= 4 is 22.9 Å². The van der Waals surface area contributed by atoms with Gasteiger partial charge in [-0.2, -0.15) is 0 Å². The molecule has 156 valence electrons. The van der Waals surface area contributed by atoms with E-state index in [0.29, 0.717) is 30.9 Å². The van der Waals surface area contributed by atoms with Crippen LogP contribution in [0.1, 0.15) is 36.8 Å². The topological polar surface area (TPSA) is 80.7 Å². The Morgan fingerprint density at radius 1 is 1.27 bits per heavy atom. The molecule has 30 heavy (non-hydrogen) atoms. The predicted molar refractivity (Wildman–Crippen MR) is 111 cm³/mol. The van der Waals surface area contributed by atoms with Crippen LogP contribution >= 0.6 is 11.3 Å². The molecular weight excluding hydrogens is 408 g/mol. The number of nitrogens with one attached hydrogen (secondary N) is 1. The monoisotopic (exact) mass is 429 g/mol. The van der Waals surface area contributed by atoms with Gasteiger partial charge in [0.2, 0.25) is 0 Å². The van der Waals surface area contributed by atoms with Gasteiger partial charge in [0.15, 0.2) is 0 Å². The Labute approximate surface area is 176 Å². The zero-order valence-corrected chi connectivity index (χ0v) is 17.3. The van der Waals surface area contributed by atoms with Gasteiger partial charge in [-0.25, -0.2) is 13.8 Å². The lowest BCUT2D eigenvalue weighted by molar-refractivity contribution is -0.116. The molecule has 1 saturated carbocycles. The van der Waals surface area contributed by atoms with Crippen LogP contribution in [0.3, 0.4) is 0 Å². The van der Waals surface area contributed by atoms with Crippen LogP contribution in [0.25, 0.3) is 10.7 Å². The van der Waals surface area contributed by atoms with Gasteiger partial charge in [0, 0.05) is 35.7 Å². The number of carbonyl (C=O) groups is 1. The molecule has 1 aliphatic carbocycles. The number of alkyl halides is 1. The van der Waals surface area contributed by atoms with Crippen molar-refractivity contribution in [2.45, 2.75) is 44.2 Å². The SMILES string of the molecule is CC(=O)CCc1cnc(-c2ccc(NCC3(c4ncccc4F)CC(F)C3)nn2)s1. The maximum atomic E-state index is 14.2. The number of carbonyl (C=O) groups excluding carboxylic acids is 1. The average molecular weight is 429 g/mol. The predicted octanol–water partition coefficient (Wildman–Crippen LogP) is 4.14. The molecule has 0 spiro atoms. The Balaban J connectivity index is 1.42. The number of aromatic nitrogens is 4. The molecule has 0 aromatic carbocycles. The van der Waals surface area contributed by atoms with E-state index < -0.39 is 17.4 Å². The highest BCUT2D eigenvalue weighted by molar-refractivity contribution is 7.15. The standard InChI is InChI=1S/C21H21F2N5OS/c1-13(29)4-5-15-11-25-20(30-15)17-6-7-18(28-27-17)26-12-21(9-14(22)10-21)19-16(23)3-2-8-24-19/h2-3,6-8,11,14H,4-5,9-10,12H2,1H3,(H,26,28). The van der Waals surface area contributed by atoms with E-state index in [4.69, 9.17) is 0 Å². The second-order valence-electron chi connectivity index (χ2n) is 7.61. The van der Waals surface area contributed by atoms with Gasteiger partial charge >= 0.3 is 0 Å². The molecule has 0 amide bonds. The molecule has 6 nitrogen and oxygen atoms in total. The van der Waals surface area contributed by atoms with Crippen LogP contribution in [0.4, 0.5) is 14.6 Å². The fourth-order valence-electron chi connectivity index (χ4n) is 3.63. The summed E-state index contributed by atoms with van der Waals surface area (Å²) >= 11 is 1.49. The summed E-state index contributed by atoms with van der Waals surface area (Å²) < 4.78 is 27.9. The Kier molecular flexibility index (Phi) is 5.80. The molecule has 9 heteroatoms. The summed E-state index contributed by atoms with van der Waals surface area (Å²) in [6, 6.07) is 6.45. The number of ketones is 1. The van der Waals surface area contributed by atoms with Crippen LogP contribution in [0.5, 0.6) is 0 Å². The number of aryl methyl sites for hydroxylation is 1. The van der Waals surface area contributed by atoms with Crippen molar-refractivity contribution in [3.8, 4) is 10.7 Å². The summed E-state index contributed by atoms with van der Waals surface area (Å²) in [5.41, 5.74) is 0.237. The highest BCUT2D eigenvalue weighted by Crippen LogP contribution is 2.45. The molecule has 0 bridgehead atoms. The molecule has 3 aromatic rings. The molecule has 1 aliphatic rings. The highest BCUT2D eigenvalue weighted by Gasteiger charge is 2.48. The maximum Gasteiger partial charge on any atom is 0.148 e. The molecule has 3 heterocycles. The number of anilines is 1. The molecule has 0 saturated heterocycles. The van der Waals surface area contributed by atoms with E-state index in [-0.39, 0.29) is 24.3 Å². The van der Waals surface area contributed by atoms with E-state index in [9.17, 15) is 13.6 Å². The fourth-order valence-corrected chi connectivity index (χ4v) is 4.50. The largest absolute Gasteiger partial charge is 0.368 e. The van der Waals surface area contributed by atoms with Gasteiger partial charge in [-0.05, 0) is 50.5 Å². The van der Waals surface area contributed by atoms with Crippen molar-refractivity contribution in [1.82, 2.24) is 20.2 Å². The smallest absolute Gasteiger partial charge is 0.148 e. The molecule has 3 aromatic heterocycles. The number of halogens is 2. The number of thiazole rings is 1. The quantitative estimate of drug-likeness (QED) is 0.580. The molecule has 4 rings (SSSR count). The zero-order chi connectivity index (χ0) is 21.1. The lowest BCUT2D eigenvalue weighted by Gasteiger charge is -2.43.